The standard InChI is InChI=1S/C26H19NO4/c28-27(29)22-15-9-10-19(18-22)25-30-24-17-8-7-16-23(24)26(31-25,20-11-3-1-4-12-20)21-13-5-2-6-14-21/h1-18,25H/t25-/m1/s1. The largest absolute Gasteiger partial charge is 0.460 e. The number of para-hydroxylation sites is 1. The molecule has 0 aromatic heterocycles. The highest BCUT2D eigenvalue weighted by molar-refractivity contribution is 5.54. The summed E-state index contributed by atoms with van der Waals surface area (Å²) in [7, 11) is 0. The summed E-state index contributed by atoms with van der Waals surface area (Å²) in [5.74, 6) is 0.679. The molecule has 0 aliphatic carbocycles. The van der Waals surface area contributed by atoms with Crippen molar-refractivity contribution < 1.29 is 14.4 Å². The van der Waals surface area contributed by atoms with Gasteiger partial charge in [-0.15, -0.1) is 0 Å². The fourth-order valence-electron chi connectivity index (χ4n) is 4.10. The van der Waals surface area contributed by atoms with Crippen molar-refractivity contribution >= 4 is 5.69 Å². The molecule has 1 atom stereocenters. The second-order valence-electron chi connectivity index (χ2n) is 7.33. The maximum absolute atomic E-state index is 11.3. The van der Waals surface area contributed by atoms with Crippen LogP contribution in [-0.2, 0) is 10.3 Å². The number of nitrogens with zero attached hydrogens (tertiary/aromatic N) is 1. The number of hydrogen-bond donors (Lipinski definition) is 0. The van der Waals surface area contributed by atoms with Crippen molar-refractivity contribution in [1.29, 1.82) is 0 Å². The first-order valence-electron chi connectivity index (χ1n) is 9.98. The van der Waals surface area contributed by atoms with Gasteiger partial charge in [0.2, 0.25) is 6.29 Å². The van der Waals surface area contributed by atoms with E-state index < -0.39 is 16.8 Å². The van der Waals surface area contributed by atoms with Crippen LogP contribution in [0, 0.1) is 10.1 Å². The molecule has 0 saturated carbocycles. The van der Waals surface area contributed by atoms with Gasteiger partial charge >= 0.3 is 0 Å². The van der Waals surface area contributed by atoms with Crippen LogP contribution in [0.3, 0.4) is 0 Å². The predicted molar refractivity (Wildman–Crippen MR) is 117 cm³/mol. The molecule has 152 valence electrons. The van der Waals surface area contributed by atoms with E-state index in [9.17, 15) is 10.1 Å². The molecule has 0 N–H and O–H groups in total. The second-order valence-corrected chi connectivity index (χ2v) is 7.33. The highest BCUT2D eigenvalue weighted by Crippen LogP contribution is 2.51. The smallest absolute Gasteiger partial charge is 0.269 e. The van der Waals surface area contributed by atoms with Crippen molar-refractivity contribution in [2.75, 3.05) is 0 Å². The van der Waals surface area contributed by atoms with Gasteiger partial charge in [-0.05, 0) is 17.2 Å². The summed E-state index contributed by atoms with van der Waals surface area (Å²) in [5.41, 5.74) is 2.43. The molecule has 0 bridgehead atoms. The molecule has 1 heterocycles. The van der Waals surface area contributed by atoms with Gasteiger partial charge in [0.25, 0.3) is 5.69 Å². The number of benzene rings is 4. The average Bonchev–Trinajstić information content (AvgIpc) is 2.84. The van der Waals surface area contributed by atoms with E-state index in [1.54, 1.807) is 12.1 Å². The van der Waals surface area contributed by atoms with Crippen LogP contribution in [0.4, 0.5) is 5.69 Å². The van der Waals surface area contributed by atoms with Crippen molar-refractivity contribution in [2.24, 2.45) is 0 Å². The lowest BCUT2D eigenvalue weighted by Crippen LogP contribution is -2.39. The van der Waals surface area contributed by atoms with E-state index in [2.05, 4.69) is 0 Å². The van der Waals surface area contributed by atoms with E-state index >= 15 is 0 Å². The number of hydrogen-bond acceptors (Lipinski definition) is 4. The lowest BCUT2D eigenvalue weighted by molar-refractivity contribution is -0.385. The van der Waals surface area contributed by atoms with Gasteiger partial charge < -0.3 is 9.47 Å². The number of ether oxygens (including phenoxy) is 2. The lowest BCUT2D eigenvalue weighted by Gasteiger charge is -2.43. The van der Waals surface area contributed by atoms with Crippen molar-refractivity contribution in [1.82, 2.24) is 0 Å². The molecule has 4 aromatic carbocycles. The Morgan fingerprint density at radius 2 is 1.35 bits per heavy atom. The van der Waals surface area contributed by atoms with Gasteiger partial charge in [-0.2, -0.15) is 0 Å². The maximum atomic E-state index is 11.3. The van der Waals surface area contributed by atoms with Gasteiger partial charge in [-0.3, -0.25) is 10.1 Å². The van der Waals surface area contributed by atoms with Gasteiger partial charge in [-0.1, -0.05) is 91.0 Å². The van der Waals surface area contributed by atoms with Crippen LogP contribution in [0.15, 0.2) is 109 Å². The predicted octanol–water partition coefficient (Wildman–Crippen LogP) is 5.99. The third-order valence-electron chi connectivity index (χ3n) is 5.50. The number of non-ortho nitro benzene ring substituents is 1. The topological polar surface area (TPSA) is 61.6 Å². The molecule has 1 aliphatic rings. The zero-order valence-electron chi connectivity index (χ0n) is 16.5. The summed E-state index contributed by atoms with van der Waals surface area (Å²) in [6, 6.07) is 34.1. The van der Waals surface area contributed by atoms with Gasteiger partial charge in [0.1, 0.15) is 5.75 Å². The number of nitro groups is 1. The zero-order chi connectivity index (χ0) is 21.3. The third kappa shape index (κ3) is 3.25. The van der Waals surface area contributed by atoms with Crippen molar-refractivity contribution in [3.05, 3.63) is 142 Å². The normalized spacial score (nSPS) is 16.7. The first-order chi connectivity index (χ1) is 15.2. The summed E-state index contributed by atoms with van der Waals surface area (Å²) in [6.07, 6.45) is -0.824. The maximum Gasteiger partial charge on any atom is 0.269 e. The molecule has 0 spiro atoms. The summed E-state index contributed by atoms with van der Waals surface area (Å²) in [6.45, 7) is 0. The highest BCUT2D eigenvalue weighted by Gasteiger charge is 2.46. The van der Waals surface area contributed by atoms with Crippen molar-refractivity contribution in [2.45, 2.75) is 11.9 Å². The monoisotopic (exact) mass is 409 g/mol. The average molecular weight is 409 g/mol. The molecule has 4 aromatic rings. The van der Waals surface area contributed by atoms with Crippen LogP contribution in [0.2, 0.25) is 0 Å². The molecule has 5 rings (SSSR count). The molecule has 1 aliphatic heterocycles. The van der Waals surface area contributed by atoms with Crippen LogP contribution in [0.25, 0.3) is 0 Å². The Morgan fingerprint density at radius 1 is 0.742 bits per heavy atom. The number of fused-ring (bicyclic) bond motifs is 1. The molecule has 0 amide bonds. The molecule has 5 nitrogen and oxygen atoms in total. The minimum atomic E-state index is -0.938. The quantitative estimate of drug-likeness (QED) is 0.307. The summed E-state index contributed by atoms with van der Waals surface area (Å²) < 4.78 is 13.0. The second kappa shape index (κ2) is 7.70. The first kappa shape index (κ1) is 19.0. The van der Waals surface area contributed by atoms with Crippen molar-refractivity contribution in [3.8, 4) is 5.75 Å². The third-order valence-corrected chi connectivity index (χ3v) is 5.50. The lowest BCUT2D eigenvalue weighted by atomic mass is 9.79. The van der Waals surface area contributed by atoms with Crippen molar-refractivity contribution in [3.63, 3.8) is 0 Å². The summed E-state index contributed by atoms with van der Waals surface area (Å²) >= 11 is 0. The Morgan fingerprint density at radius 3 is 2.00 bits per heavy atom. The molecule has 31 heavy (non-hydrogen) atoms. The highest BCUT2D eigenvalue weighted by atomic mass is 16.7. The van der Waals surface area contributed by atoms with E-state index in [0.29, 0.717) is 11.3 Å². The molecule has 0 radical (unpaired) electrons. The van der Waals surface area contributed by atoms with Crippen LogP contribution >= 0.6 is 0 Å². The van der Waals surface area contributed by atoms with E-state index in [4.69, 9.17) is 9.47 Å². The molecule has 0 unspecified atom stereocenters. The molecular weight excluding hydrogens is 390 g/mol. The summed E-state index contributed by atoms with van der Waals surface area (Å²) in [5, 5.41) is 11.3. The molecular formula is C26H19NO4. The van der Waals surface area contributed by atoms with E-state index in [0.717, 1.165) is 16.7 Å². The van der Waals surface area contributed by atoms with Gasteiger partial charge in [0.15, 0.2) is 5.60 Å². The molecule has 0 fully saturated rings. The van der Waals surface area contributed by atoms with E-state index in [1.807, 2.05) is 84.9 Å². The SMILES string of the molecule is O=[N+]([O-])c1cccc([C@@H]2Oc3ccccc3C(c3ccccc3)(c3ccccc3)O2)c1. The Kier molecular flexibility index (Phi) is 4.73. The fraction of sp³-hybridized carbons (Fsp3) is 0.0769. The zero-order valence-corrected chi connectivity index (χ0v) is 16.5. The van der Waals surface area contributed by atoms with Crippen LogP contribution in [-0.4, -0.2) is 4.92 Å². The van der Waals surface area contributed by atoms with Gasteiger partial charge in [0, 0.05) is 23.3 Å². The Labute approximate surface area is 179 Å². The number of rotatable bonds is 4. The van der Waals surface area contributed by atoms with Crippen LogP contribution in [0.5, 0.6) is 5.75 Å². The van der Waals surface area contributed by atoms with Crippen LogP contribution in [0.1, 0.15) is 28.5 Å². The fourth-order valence-corrected chi connectivity index (χ4v) is 4.10. The Hall–Kier alpha value is -3.96. The molecule has 0 saturated heterocycles. The van der Waals surface area contributed by atoms with E-state index in [1.165, 1.54) is 12.1 Å². The number of nitro benzene ring substituents is 1. The van der Waals surface area contributed by atoms with Crippen LogP contribution < -0.4 is 4.74 Å². The first-order valence-corrected chi connectivity index (χ1v) is 9.98. The minimum Gasteiger partial charge on any atom is -0.460 e. The molecule has 5 heteroatoms. The van der Waals surface area contributed by atoms with Gasteiger partial charge in [-0.25, -0.2) is 0 Å². The van der Waals surface area contributed by atoms with Gasteiger partial charge in [0.05, 0.1) is 4.92 Å². The Balaban J connectivity index is 1.75. The summed E-state index contributed by atoms with van der Waals surface area (Å²) in [4.78, 5) is 10.9. The minimum absolute atomic E-state index is 0.00594. The van der Waals surface area contributed by atoms with E-state index in [-0.39, 0.29) is 5.69 Å². The Bertz CT molecular complexity index is 1180.